The summed E-state index contributed by atoms with van der Waals surface area (Å²) in [6.45, 7) is 0. The molecule has 23 heavy (non-hydrogen) atoms. The molecule has 2 aromatic rings. The minimum Gasteiger partial charge on any atom is -0.423 e. The number of rotatable bonds is 3. The third-order valence-corrected chi connectivity index (χ3v) is 3.13. The summed E-state index contributed by atoms with van der Waals surface area (Å²) in [7, 11) is 0. The first-order chi connectivity index (χ1) is 11.1. The topological polar surface area (TPSA) is 84.5 Å². The van der Waals surface area contributed by atoms with Crippen LogP contribution in [0.15, 0.2) is 60.3 Å². The molecule has 0 unspecified atom stereocenters. The van der Waals surface area contributed by atoms with Gasteiger partial charge in [0.2, 0.25) is 0 Å². The fraction of sp³-hybridized carbons (Fsp3) is 0. The molecule has 1 aliphatic heterocycles. The Kier molecular flexibility index (Phi) is 3.88. The first kappa shape index (κ1) is 14.5. The van der Waals surface area contributed by atoms with Crippen LogP contribution in [0.25, 0.3) is 6.08 Å². The lowest BCUT2D eigenvalue weighted by Gasteiger charge is -2.04. The van der Waals surface area contributed by atoms with E-state index in [0.29, 0.717) is 16.9 Å². The predicted octanol–water partition coefficient (Wildman–Crippen LogP) is 2.09. The summed E-state index contributed by atoms with van der Waals surface area (Å²) in [6, 6.07) is 14.7. The van der Waals surface area contributed by atoms with Crippen molar-refractivity contribution < 1.29 is 19.1 Å². The summed E-state index contributed by atoms with van der Waals surface area (Å²) in [6.07, 6.45) is 1.53. The average Bonchev–Trinajstić information content (AvgIpc) is 2.87. The van der Waals surface area contributed by atoms with E-state index in [1.54, 1.807) is 48.5 Å². The van der Waals surface area contributed by atoms with Crippen LogP contribution in [0.4, 0.5) is 4.79 Å². The predicted molar refractivity (Wildman–Crippen MR) is 82.5 cm³/mol. The molecule has 0 radical (unpaired) electrons. The van der Waals surface area contributed by atoms with E-state index in [-0.39, 0.29) is 5.70 Å². The monoisotopic (exact) mass is 308 g/mol. The lowest BCUT2D eigenvalue weighted by Crippen LogP contribution is -2.22. The Morgan fingerprint density at radius 3 is 2.22 bits per heavy atom. The molecule has 1 fully saturated rings. The Hall–Kier alpha value is -3.41. The fourth-order valence-electron chi connectivity index (χ4n) is 2.02. The summed E-state index contributed by atoms with van der Waals surface area (Å²) >= 11 is 0. The second kappa shape index (κ2) is 6.15. The summed E-state index contributed by atoms with van der Waals surface area (Å²) < 4.78 is 5.25. The molecule has 6 heteroatoms. The molecule has 3 amide bonds. The molecule has 0 spiro atoms. The summed E-state index contributed by atoms with van der Waals surface area (Å²) in [5.41, 5.74) is 1.32. The van der Waals surface area contributed by atoms with Crippen LogP contribution < -0.4 is 15.4 Å². The molecule has 0 aromatic heterocycles. The summed E-state index contributed by atoms with van der Waals surface area (Å²) in [5, 5.41) is 4.51. The van der Waals surface area contributed by atoms with E-state index in [9.17, 15) is 14.4 Å². The van der Waals surface area contributed by atoms with Crippen LogP contribution in [0.3, 0.4) is 0 Å². The summed E-state index contributed by atoms with van der Waals surface area (Å²) in [5.74, 6) is -0.533. The molecule has 1 saturated heterocycles. The number of hydrogen-bond acceptors (Lipinski definition) is 4. The number of hydrogen-bond donors (Lipinski definition) is 2. The van der Waals surface area contributed by atoms with E-state index in [1.807, 2.05) is 6.07 Å². The number of urea groups is 1. The van der Waals surface area contributed by atoms with Crippen molar-refractivity contribution in [3.63, 3.8) is 0 Å². The van der Waals surface area contributed by atoms with E-state index in [0.717, 1.165) is 0 Å². The van der Waals surface area contributed by atoms with Crippen molar-refractivity contribution in [3.8, 4) is 5.75 Å². The average molecular weight is 308 g/mol. The zero-order valence-electron chi connectivity index (χ0n) is 11.9. The van der Waals surface area contributed by atoms with E-state index < -0.39 is 17.9 Å². The van der Waals surface area contributed by atoms with Gasteiger partial charge in [0.25, 0.3) is 5.91 Å². The SMILES string of the molecule is O=C1NC(=O)/C(=C/c2ccc(OC(=O)c3ccccc3)cc2)N1. The molecule has 0 atom stereocenters. The van der Waals surface area contributed by atoms with Gasteiger partial charge in [0, 0.05) is 0 Å². The third-order valence-electron chi connectivity index (χ3n) is 3.13. The molecular weight excluding hydrogens is 296 g/mol. The van der Waals surface area contributed by atoms with Gasteiger partial charge in [0.05, 0.1) is 5.56 Å². The van der Waals surface area contributed by atoms with Gasteiger partial charge in [0.1, 0.15) is 11.4 Å². The summed E-state index contributed by atoms with van der Waals surface area (Å²) in [4.78, 5) is 34.4. The van der Waals surface area contributed by atoms with Crippen LogP contribution in [-0.2, 0) is 4.79 Å². The van der Waals surface area contributed by atoms with Gasteiger partial charge in [-0.3, -0.25) is 10.1 Å². The number of benzene rings is 2. The number of ether oxygens (including phenoxy) is 1. The number of carbonyl (C=O) groups excluding carboxylic acids is 3. The molecule has 1 heterocycles. The van der Waals surface area contributed by atoms with Crippen LogP contribution in [0.1, 0.15) is 15.9 Å². The number of esters is 1. The minimum atomic E-state index is -0.547. The second-order valence-electron chi connectivity index (χ2n) is 4.79. The first-order valence-corrected chi connectivity index (χ1v) is 6.83. The Morgan fingerprint density at radius 1 is 0.913 bits per heavy atom. The highest BCUT2D eigenvalue weighted by Gasteiger charge is 2.22. The third kappa shape index (κ3) is 3.44. The Labute approximate surface area is 131 Å². The molecule has 0 saturated carbocycles. The molecule has 1 aliphatic rings. The normalized spacial score (nSPS) is 15.2. The molecule has 0 aliphatic carbocycles. The van der Waals surface area contributed by atoms with Crippen molar-refractivity contribution in [2.75, 3.05) is 0 Å². The van der Waals surface area contributed by atoms with Gasteiger partial charge in [-0.25, -0.2) is 9.59 Å². The van der Waals surface area contributed by atoms with E-state index in [4.69, 9.17) is 4.74 Å². The molecular formula is C17H12N2O4. The highest BCUT2D eigenvalue weighted by molar-refractivity contribution is 6.13. The molecule has 114 valence electrons. The lowest BCUT2D eigenvalue weighted by atomic mass is 10.2. The van der Waals surface area contributed by atoms with Crippen molar-refractivity contribution >= 4 is 24.0 Å². The smallest absolute Gasteiger partial charge is 0.343 e. The fourth-order valence-corrected chi connectivity index (χ4v) is 2.02. The largest absolute Gasteiger partial charge is 0.423 e. The van der Waals surface area contributed by atoms with Crippen molar-refractivity contribution in [2.24, 2.45) is 0 Å². The minimum absolute atomic E-state index is 0.170. The van der Waals surface area contributed by atoms with Crippen molar-refractivity contribution in [1.82, 2.24) is 10.6 Å². The van der Waals surface area contributed by atoms with Gasteiger partial charge in [-0.15, -0.1) is 0 Å². The molecule has 6 nitrogen and oxygen atoms in total. The van der Waals surface area contributed by atoms with Gasteiger partial charge in [-0.2, -0.15) is 0 Å². The van der Waals surface area contributed by atoms with Crippen molar-refractivity contribution in [1.29, 1.82) is 0 Å². The highest BCUT2D eigenvalue weighted by atomic mass is 16.5. The zero-order chi connectivity index (χ0) is 16.2. The molecule has 3 rings (SSSR count). The Bertz CT molecular complexity index is 795. The zero-order valence-corrected chi connectivity index (χ0v) is 11.9. The number of amides is 3. The first-order valence-electron chi connectivity index (χ1n) is 6.83. The molecule has 0 bridgehead atoms. The van der Waals surface area contributed by atoms with E-state index >= 15 is 0 Å². The van der Waals surface area contributed by atoms with E-state index in [1.165, 1.54) is 6.08 Å². The van der Waals surface area contributed by atoms with Crippen LogP contribution in [0, 0.1) is 0 Å². The van der Waals surface area contributed by atoms with Gasteiger partial charge in [-0.05, 0) is 35.9 Å². The van der Waals surface area contributed by atoms with Crippen LogP contribution in [-0.4, -0.2) is 17.9 Å². The van der Waals surface area contributed by atoms with Gasteiger partial charge in [-0.1, -0.05) is 30.3 Å². The second-order valence-corrected chi connectivity index (χ2v) is 4.79. The van der Waals surface area contributed by atoms with Crippen LogP contribution in [0.5, 0.6) is 5.75 Å². The van der Waals surface area contributed by atoms with Gasteiger partial charge < -0.3 is 10.1 Å². The number of nitrogens with one attached hydrogen (secondary N) is 2. The standard InChI is InChI=1S/C17H12N2O4/c20-15-14(18-17(22)19-15)10-11-6-8-13(9-7-11)23-16(21)12-4-2-1-3-5-12/h1-10H,(H2,18,19,20,22)/b14-10-. The highest BCUT2D eigenvalue weighted by Crippen LogP contribution is 2.16. The Balaban J connectivity index is 1.70. The number of carbonyl (C=O) groups is 3. The molecule has 2 N–H and O–H groups in total. The van der Waals surface area contributed by atoms with Gasteiger partial charge >= 0.3 is 12.0 Å². The maximum Gasteiger partial charge on any atom is 0.343 e. The van der Waals surface area contributed by atoms with Gasteiger partial charge in [0.15, 0.2) is 0 Å². The van der Waals surface area contributed by atoms with Crippen molar-refractivity contribution in [3.05, 3.63) is 71.4 Å². The Morgan fingerprint density at radius 2 is 1.61 bits per heavy atom. The van der Waals surface area contributed by atoms with E-state index in [2.05, 4.69) is 10.6 Å². The molecule has 2 aromatic carbocycles. The maximum atomic E-state index is 11.9. The maximum absolute atomic E-state index is 11.9. The van der Waals surface area contributed by atoms with Crippen molar-refractivity contribution in [2.45, 2.75) is 0 Å². The van der Waals surface area contributed by atoms with Crippen LogP contribution in [0.2, 0.25) is 0 Å². The quantitative estimate of drug-likeness (QED) is 0.393. The lowest BCUT2D eigenvalue weighted by molar-refractivity contribution is -0.115. The number of imide groups is 1. The van der Waals surface area contributed by atoms with Crippen LogP contribution >= 0.6 is 0 Å².